The highest BCUT2D eigenvalue weighted by molar-refractivity contribution is 7.90. The minimum Gasteiger partial charge on any atom is -0.462 e. The molecule has 28 heavy (non-hydrogen) atoms. The molecule has 0 aliphatic rings. The first-order valence-corrected chi connectivity index (χ1v) is 10.7. The van der Waals surface area contributed by atoms with Gasteiger partial charge in [0, 0.05) is 5.56 Å². The average Bonchev–Trinajstić information content (AvgIpc) is 3.11. The molecule has 148 valence electrons. The minimum atomic E-state index is -3.92. The van der Waals surface area contributed by atoms with Crippen molar-refractivity contribution in [3.05, 3.63) is 60.2 Å². The summed E-state index contributed by atoms with van der Waals surface area (Å²) >= 11 is 0. The van der Waals surface area contributed by atoms with Crippen molar-refractivity contribution >= 4 is 10.0 Å². The van der Waals surface area contributed by atoms with Crippen molar-refractivity contribution in [2.24, 2.45) is 0 Å². The molecule has 7 heteroatoms. The van der Waals surface area contributed by atoms with Crippen molar-refractivity contribution in [2.45, 2.75) is 44.4 Å². The van der Waals surface area contributed by atoms with Crippen LogP contribution in [-0.2, 0) is 15.4 Å². The number of hydrogen-bond donors (Lipinski definition) is 0. The lowest BCUT2D eigenvalue weighted by Gasteiger charge is -2.19. The molecule has 2 aromatic carbocycles. The van der Waals surface area contributed by atoms with Gasteiger partial charge in [0.25, 0.3) is 10.0 Å². The van der Waals surface area contributed by atoms with Crippen LogP contribution in [0.3, 0.4) is 0 Å². The summed E-state index contributed by atoms with van der Waals surface area (Å²) in [6, 6.07) is 16.0. The van der Waals surface area contributed by atoms with Crippen LogP contribution >= 0.6 is 0 Å². The van der Waals surface area contributed by atoms with Gasteiger partial charge in [0.1, 0.15) is 0 Å². The summed E-state index contributed by atoms with van der Waals surface area (Å²) in [6.07, 6.45) is 0.774. The summed E-state index contributed by atoms with van der Waals surface area (Å²) in [5, 5.41) is 4.14. The van der Waals surface area contributed by atoms with E-state index in [0.717, 1.165) is 16.1 Å². The second-order valence-corrected chi connectivity index (χ2v) is 9.32. The van der Waals surface area contributed by atoms with Crippen LogP contribution in [0.4, 0.5) is 0 Å². The van der Waals surface area contributed by atoms with Gasteiger partial charge in [-0.15, -0.1) is 4.09 Å². The molecule has 1 heterocycles. The zero-order chi connectivity index (χ0) is 20.4. The van der Waals surface area contributed by atoms with Gasteiger partial charge in [0.05, 0.1) is 11.5 Å². The predicted molar refractivity (Wildman–Crippen MR) is 109 cm³/mol. The number of ether oxygens (including phenoxy) is 1. The van der Waals surface area contributed by atoms with Crippen molar-refractivity contribution in [3.8, 4) is 17.4 Å². The zero-order valence-corrected chi connectivity index (χ0v) is 17.4. The molecule has 0 bridgehead atoms. The molecule has 3 rings (SSSR count). The monoisotopic (exact) mass is 399 g/mol. The Morgan fingerprint density at radius 3 is 2.21 bits per heavy atom. The normalized spacial score (nSPS) is 12.1. The Morgan fingerprint density at radius 2 is 1.64 bits per heavy atom. The van der Waals surface area contributed by atoms with Crippen LogP contribution in [0.5, 0.6) is 6.01 Å². The molecule has 0 unspecified atom stereocenters. The third-order valence-electron chi connectivity index (χ3n) is 4.27. The first-order valence-electron chi connectivity index (χ1n) is 9.25. The molecular weight excluding hydrogens is 374 g/mol. The van der Waals surface area contributed by atoms with Crippen molar-refractivity contribution in [1.29, 1.82) is 0 Å². The standard InChI is InChI=1S/C21H25N3O3S/c1-5-15-27-20-22-19(16-9-7-6-8-10-16)24(23-20)28(25,26)18-13-11-17(12-14-18)21(2,3)4/h6-14H,5,15H2,1-4H3. The summed E-state index contributed by atoms with van der Waals surface area (Å²) in [5.74, 6) is 0.228. The number of nitrogens with zero attached hydrogens (tertiary/aromatic N) is 3. The fourth-order valence-corrected chi connectivity index (χ4v) is 3.92. The van der Waals surface area contributed by atoms with Gasteiger partial charge in [-0.05, 0) is 29.5 Å². The van der Waals surface area contributed by atoms with E-state index in [9.17, 15) is 8.42 Å². The number of aromatic nitrogens is 3. The fourth-order valence-electron chi connectivity index (χ4n) is 2.69. The lowest BCUT2D eigenvalue weighted by Crippen LogP contribution is -2.17. The maximum absolute atomic E-state index is 13.3. The Morgan fingerprint density at radius 1 is 1.00 bits per heavy atom. The van der Waals surface area contributed by atoms with Crippen LogP contribution < -0.4 is 4.74 Å². The third kappa shape index (κ3) is 4.09. The Hall–Kier alpha value is -2.67. The summed E-state index contributed by atoms with van der Waals surface area (Å²) in [5.41, 5.74) is 1.64. The van der Waals surface area contributed by atoms with Gasteiger partial charge in [-0.2, -0.15) is 13.4 Å². The number of rotatable bonds is 6. The van der Waals surface area contributed by atoms with Gasteiger partial charge in [0.15, 0.2) is 5.82 Å². The van der Waals surface area contributed by atoms with Crippen LogP contribution in [0.15, 0.2) is 59.5 Å². The van der Waals surface area contributed by atoms with E-state index in [1.54, 1.807) is 24.3 Å². The van der Waals surface area contributed by atoms with Gasteiger partial charge in [0.2, 0.25) is 0 Å². The molecular formula is C21H25N3O3S. The van der Waals surface area contributed by atoms with Crippen molar-refractivity contribution in [3.63, 3.8) is 0 Å². The van der Waals surface area contributed by atoms with Crippen LogP contribution in [0, 0.1) is 0 Å². The quantitative estimate of drug-likeness (QED) is 0.619. The molecule has 0 atom stereocenters. The van der Waals surface area contributed by atoms with Gasteiger partial charge in [-0.25, -0.2) is 0 Å². The van der Waals surface area contributed by atoms with E-state index in [-0.39, 0.29) is 22.1 Å². The van der Waals surface area contributed by atoms with E-state index in [2.05, 4.69) is 30.9 Å². The maximum atomic E-state index is 13.3. The van der Waals surface area contributed by atoms with E-state index in [0.29, 0.717) is 12.2 Å². The fraction of sp³-hybridized carbons (Fsp3) is 0.333. The summed E-state index contributed by atoms with van der Waals surface area (Å²) in [7, 11) is -3.92. The molecule has 0 aliphatic heterocycles. The van der Waals surface area contributed by atoms with Crippen molar-refractivity contribution in [1.82, 2.24) is 14.2 Å². The first-order chi connectivity index (χ1) is 13.2. The molecule has 0 saturated heterocycles. The van der Waals surface area contributed by atoms with Gasteiger partial charge < -0.3 is 4.74 Å². The lowest BCUT2D eigenvalue weighted by atomic mass is 9.87. The molecule has 0 amide bonds. The van der Waals surface area contributed by atoms with Crippen LogP contribution in [-0.4, -0.2) is 29.2 Å². The van der Waals surface area contributed by atoms with Gasteiger partial charge in [-0.1, -0.05) is 75.3 Å². The molecule has 0 saturated carbocycles. The largest absolute Gasteiger partial charge is 0.462 e. The van der Waals surface area contributed by atoms with E-state index in [1.165, 1.54) is 0 Å². The second-order valence-electron chi connectivity index (χ2n) is 7.55. The summed E-state index contributed by atoms with van der Waals surface area (Å²) < 4.78 is 33.0. The van der Waals surface area contributed by atoms with Crippen LogP contribution in [0.2, 0.25) is 0 Å². The minimum absolute atomic E-state index is 0.0515. The maximum Gasteiger partial charge on any atom is 0.337 e. The predicted octanol–water partition coefficient (Wildman–Crippen LogP) is 4.27. The van der Waals surface area contributed by atoms with Gasteiger partial charge >= 0.3 is 6.01 Å². The molecule has 0 aliphatic carbocycles. The highest BCUT2D eigenvalue weighted by atomic mass is 32.2. The summed E-state index contributed by atoms with van der Waals surface area (Å²) in [4.78, 5) is 4.47. The van der Waals surface area contributed by atoms with E-state index >= 15 is 0 Å². The smallest absolute Gasteiger partial charge is 0.337 e. The number of benzene rings is 2. The second kappa shape index (κ2) is 7.75. The Kier molecular flexibility index (Phi) is 5.56. The topological polar surface area (TPSA) is 74.1 Å². The SMILES string of the molecule is CCCOc1nc(-c2ccccc2)n(S(=O)(=O)c2ccc(C(C)(C)C)cc2)n1. The lowest BCUT2D eigenvalue weighted by molar-refractivity contribution is 0.293. The van der Waals surface area contributed by atoms with Crippen LogP contribution in [0.25, 0.3) is 11.4 Å². The van der Waals surface area contributed by atoms with E-state index in [1.807, 2.05) is 37.3 Å². The molecule has 0 spiro atoms. The highest BCUT2D eigenvalue weighted by Crippen LogP contribution is 2.27. The van der Waals surface area contributed by atoms with E-state index < -0.39 is 10.0 Å². The van der Waals surface area contributed by atoms with Crippen molar-refractivity contribution in [2.75, 3.05) is 6.61 Å². The molecule has 3 aromatic rings. The Labute approximate surface area is 166 Å². The summed E-state index contributed by atoms with van der Waals surface area (Å²) in [6.45, 7) is 8.62. The molecule has 0 fully saturated rings. The molecule has 6 nitrogen and oxygen atoms in total. The third-order valence-corrected chi connectivity index (χ3v) is 5.85. The van der Waals surface area contributed by atoms with Crippen molar-refractivity contribution < 1.29 is 13.2 Å². The molecule has 0 radical (unpaired) electrons. The first kappa shape index (κ1) is 20.1. The molecule has 1 aromatic heterocycles. The average molecular weight is 400 g/mol. The van der Waals surface area contributed by atoms with Crippen LogP contribution in [0.1, 0.15) is 39.7 Å². The number of hydrogen-bond acceptors (Lipinski definition) is 5. The Bertz CT molecular complexity index is 1030. The highest BCUT2D eigenvalue weighted by Gasteiger charge is 2.26. The zero-order valence-electron chi connectivity index (χ0n) is 16.6. The molecule has 0 N–H and O–H groups in total. The van der Waals surface area contributed by atoms with Gasteiger partial charge in [-0.3, -0.25) is 0 Å². The Balaban J connectivity index is 2.09. The van der Waals surface area contributed by atoms with E-state index in [4.69, 9.17) is 4.74 Å².